The summed E-state index contributed by atoms with van der Waals surface area (Å²) in [5, 5.41) is 9.63. The van der Waals surface area contributed by atoms with Crippen LogP contribution < -0.4 is 4.90 Å². The molecule has 1 amide bonds. The van der Waals surface area contributed by atoms with Gasteiger partial charge in [-0.15, -0.1) is 0 Å². The van der Waals surface area contributed by atoms with Crippen molar-refractivity contribution in [2.45, 2.75) is 53.0 Å². The Balaban J connectivity index is 2.63. The zero-order chi connectivity index (χ0) is 14.4. The minimum absolute atomic E-state index is 0.0181. The quantitative estimate of drug-likeness (QED) is 0.773. The Kier molecular flexibility index (Phi) is 3.29. The van der Waals surface area contributed by atoms with Gasteiger partial charge >= 0.3 is 6.09 Å². The van der Waals surface area contributed by atoms with Gasteiger partial charge in [-0.05, 0) is 30.4 Å². The van der Waals surface area contributed by atoms with Crippen molar-refractivity contribution in [1.29, 1.82) is 0 Å². The molecule has 4 nitrogen and oxygen atoms in total. The number of amides is 1. The van der Waals surface area contributed by atoms with Gasteiger partial charge in [0.25, 0.3) is 0 Å². The number of nitrogens with zero attached hydrogens (tertiary/aromatic N) is 2. The van der Waals surface area contributed by atoms with Crippen LogP contribution in [0.1, 0.15) is 51.3 Å². The Hall–Kier alpha value is -1.58. The van der Waals surface area contributed by atoms with E-state index in [1.807, 2.05) is 13.0 Å². The number of carbonyl (C=O) groups is 1. The molecule has 2 heterocycles. The molecule has 0 saturated heterocycles. The first-order valence-electron chi connectivity index (χ1n) is 6.71. The van der Waals surface area contributed by atoms with Crippen molar-refractivity contribution in [2.24, 2.45) is 5.41 Å². The van der Waals surface area contributed by atoms with Crippen LogP contribution in [0, 0.1) is 12.3 Å². The third-order valence-corrected chi connectivity index (χ3v) is 3.96. The van der Waals surface area contributed by atoms with Crippen molar-refractivity contribution < 1.29 is 9.90 Å². The van der Waals surface area contributed by atoms with Crippen molar-refractivity contribution in [2.75, 3.05) is 4.90 Å². The predicted octanol–water partition coefficient (Wildman–Crippen LogP) is 3.80. The predicted molar refractivity (Wildman–Crippen MR) is 75.8 cm³/mol. The van der Waals surface area contributed by atoms with Gasteiger partial charge in [0.15, 0.2) is 0 Å². The number of aryl methyl sites for hydroxylation is 1. The fraction of sp³-hybridized carbons (Fsp3) is 0.600. The molecule has 2 atom stereocenters. The second-order valence-corrected chi connectivity index (χ2v) is 6.53. The summed E-state index contributed by atoms with van der Waals surface area (Å²) in [6.45, 7) is 10.4. The highest BCUT2D eigenvalue weighted by Gasteiger charge is 2.41. The van der Waals surface area contributed by atoms with Crippen LogP contribution in [-0.4, -0.2) is 22.2 Å². The normalized spacial score (nSPS) is 23.1. The summed E-state index contributed by atoms with van der Waals surface area (Å²) in [7, 11) is 0. The lowest BCUT2D eigenvalue weighted by Crippen LogP contribution is -2.51. The van der Waals surface area contributed by atoms with E-state index in [1.54, 1.807) is 6.20 Å². The van der Waals surface area contributed by atoms with Crippen LogP contribution in [0.5, 0.6) is 0 Å². The summed E-state index contributed by atoms with van der Waals surface area (Å²) in [5.74, 6) is 0.287. The number of hydrogen-bond donors (Lipinski definition) is 1. The minimum Gasteiger partial charge on any atom is -0.465 e. The van der Waals surface area contributed by atoms with E-state index in [1.165, 1.54) is 4.90 Å². The molecular weight excluding hydrogens is 240 g/mol. The smallest absolute Gasteiger partial charge is 0.412 e. The van der Waals surface area contributed by atoms with Gasteiger partial charge in [-0.25, -0.2) is 4.79 Å². The molecule has 1 aromatic heterocycles. The SMILES string of the molecule is Cc1ccnc2c1N(C(=O)O)C(C(C)(C)C)CC2C. The number of pyridine rings is 1. The van der Waals surface area contributed by atoms with Crippen LogP contribution in [0.3, 0.4) is 0 Å². The maximum atomic E-state index is 11.7. The average Bonchev–Trinajstić information content (AvgIpc) is 2.28. The Morgan fingerprint density at radius 2 is 2.11 bits per heavy atom. The summed E-state index contributed by atoms with van der Waals surface area (Å²) in [4.78, 5) is 17.7. The van der Waals surface area contributed by atoms with Gasteiger partial charge in [0.1, 0.15) is 0 Å². The van der Waals surface area contributed by atoms with Crippen LogP contribution >= 0.6 is 0 Å². The molecule has 0 bridgehead atoms. The summed E-state index contributed by atoms with van der Waals surface area (Å²) in [6.07, 6.45) is 1.70. The van der Waals surface area contributed by atoms with Gasteiger partial charge in [-0.1, -0.05) is 27.7 Å². The second-order valence-electron chi connectivity index (χ2n) is 6.53. The largest absolute Gasteiger partial charge is 0.465 e. The molecule has 19 heavy (non-hydrogen) atoms. The zero-order valence-electron chi connectivity index (χ0n) is 12.3. The Bertz CT molecular complexity index is 505. The van der Waals surface area contributed by atoms with E-state index in [-0.39, 0.29) is 17.4 Å². The van der Waals surface area contributed by atoms with E-state index < -0.39 is 6.09 Å². The fourth-order valence-electron chi connectivity index (χ4n) is 2.92. The lowest BCUT2D eigenvalue weighted by Gasteiger charge is -2.44. The first kappa shape index (κ1) is 13.8. The Morgan fingerprint density at radius 3 is 2.63 bits per heavy atom. The maximum Gasteiger partial charge on any atom is 0.412 e. The zero-order valence-corrected chi connectivity index (χ0v) is 12.3. The van der Waals surface area contributed by atoms with E-state index >= 15 is 0 Å². The molecule has 104 valence electrons. The Morgan fingerprint density at radius 1 is 1.47 bits per heavy atom. The number of aromatic nitrogens is 1. The molecule has 4 heteroatoms. The standard InChI is InChI=1S/C15H22N2O2/c1-9-6-7-16-12-10(2)8-11(15(3,4)5)17(13(9)12)14(18)19/h6-7,10-11H,8H2,1-5H3,(H,18,19). The van der Waals surface area contributed by atoms with Crippen LogP contribution in [0.2, 0.25) is 0 Å². The van der Waals surface area contributed by atoms with Crippen LogP contribution in [0.25, 0.3) is 0 Å². The molecule has 1 aliphatic rings. The lowest BCUT2D eigenvalue weighted by molar-refractivity contribution is 0.183. The highest BCUT2D eigenvalue weighted by molar-refractivity contribution is 5.89. The van der Waals surface area contributed by atoms with Crippen molar-refractivity contribution in [3.8, 4) is 0 Å². The minimum atomic E-state index is -0.885. The third kappa shape index (κ3) is 2.31. The lowest BCUT2D eigenvalue weighted by atomic mass is 9.76. The summed E-state index contributed by atoms with van der Waals surface area (Å²) < 4.78 is 0. The number of rotatable bonds is 0. The van der Waals surface area contributed by atoms with Crippen molar-refractivity contribution in [3.63, 3.8) is 0 Å². The van der Waals surface area contributed by atoms with E-state index in [9.17, 15) is 9.90 Å². The summed E-state index contributed by atoms with van der Waals surface area (Å²) in [6, 6.07) is 1.86. The van der Waals surface area contributed by atoms with Crippen LogP contribution in [0.4, 0.5) is 10.5 Å². The fourth-order valence-corrected chi connectivity index (χ4v) is 2.92. The van der Waals surface area contributed by atoms with Gasteiger partial charge in [0, 0.05) is 18.2 Å². The molecular formula is C15H22N2O2. The highest BCUT2D eigenvalue weighted by atomic mass is 16.4. The van der Waals surface area contributed by atoms with E-state index in [0.717, 1.165) is 23.4 Å². The molecule has 0 spiro atoms. The molecule has 0 aliphatic carbocycles. The van der Waals surface area contributed by atoms with Gasteiger partial charge in [0.2, 0.25) is 0 Å². The number of fused-ring (bicyclic) bond motifs is 1. The van der Waals surface area contributed by atoms with E-state index in [2.05, 4.69) is 32.7 Å². The number of anilines is 1. The molecule has 1 aromatic rings. The molecule has 1 N–H and O–H groups in total. The van der Waals surface area contributed by atoms with Gasteiger partial charge < -0.3 is 5.11 Å². The maximum absolute atomic E-state index is 11.7. The summed E-state index contributed by atoms with van der Waals surface area (Å²) >= 11 is 0. The summed E-state index contributed by atoms with van der Waals surface area (Å²) in [5.41, 5.74) is 2.58. The van der Waals surface area contributed by atoms with Crippen LogP contribution in [0.15, 0.2) is 12.3 Å². The first-order chi connectivity index (χ1) is 8.73. The van der Waals surface area contributed by atoms with E-state index in [4.69, 9.17) is 0 Å². The molecule has 1 aliphatic heterocycles. The van der Waals surface area contributed by atoms with Crippen molar-refractivity contribution in [1.82, 2.24) is 4.98 Å². The van der Waals surface area contributed by atoms with Gasteiger partial charge in [-0.2, -0.15) is 0 Å². The first-order valence-corrected chi connectivity index (χ1v) is 6.71. The van der Waals surface area contributed by atoms with Crippen molar-refractivity contribution in [3.05, 3.63) is 23.5 Å². The molecule has 0 fully saturated rings. The molecule has 2 rings (SSSR count). The number of carboxylic acid groups (broad SMARTS) is 1. The highest BCUT2D eigenvalue weighted by Crippen LogP contribution is 2.44. The molecule has 0 aromatic carbocycles. The Labute approximate surface area is 114 Å². The number of hydrogen-bond acceptors (Lipinski definition) is 2. The molecule has 0 saturated carbocycles. The molecule has 2 unspecified atom stereocenters. The van der Waals surface area contributed by atoms with Crippen molar-refractivity contribution >= 4 is 11.8 Å². The van der Waals surface area contributed by atoms with Crippen LogP contribution in [-0.2, 0) is 0 Å². The third-order valence-electron chi connectivity index (χ3n) is 3.96. The second kappa shape index (κ2) is 4.51. The van der Waals surface area contributed by atoms with Gasteiger partial charge in [0.05, 0.1) is 11.4 Å². The van der Waals surface area contributed by atoms with Gasteiger partial charge in [-0.3, -0.25) is 9.88 Å². The van der Waals surface area contributed by atoms with E-state index in [0.29, 0.717) is 0 Å². The topological polar surface area (TPSA) is 53.4 Å². The average molecular weight is 262 g/mol. The molecule has 0 radical (unpaired) electrons. The monoisotopic (exact) mass is 262 g/mol.